The van der Waals surface area contributed by atoms with Gasteiger partial charge in [-0.2, -0.15) is 15.0 Å². The molecule has 0 bridgehead atoms. The van der Waals surface area contributed by atoms with Crippen LogP contribution in [0.2, 0.25) is 0 Å². The van der Waals surface area contributed by atoms with E-state index in [-0.39, 0.29) is 17.8 Å². The first-order valence-electron chi connectivity index (χ1n) is 5.57. The van der Waals surface area contributed by atoms with Crippen LogP contribution in [0.5, 0.6) is 0 Å². The number of carbonyl (C=O) groups excluding carboxylic acids is 2. The number of guanidine groups is 1. The van der Waals surface area contributed by atoms with Gasteiger partial charge in [0.2, 0.25) is 11.8 Å². The fraction of sp³-hybridized carbons (Fsp3) is 0.500. The Labute approximate surface area is 109 Å². The van der Waals surface area contributed by atoms with Crippen LogP contribution >= 0.6 is 0 Å². The summed E-state index contributed by atoms with van der Waals surface area (Å²) in [6, 6.07) is -0.0651. The monoisotopic (exact) mass is 269 g/mol. The van der Waals surface area contributed by atoms with Gasteiger partial charge in [0, 0.05) is 0 Å². The third-order valence-electron chi connectivity index (χ3n) is 2.05. The van der Waals surface area contributed by atoms with Gasteiger partial charge < -0.3 is 15.2 Å². The van der Waals surface area contributed by atoms with E-state index in [9.17, 15) is 9.59 Å². The van der Waals surface area contributed by atoms with Gasteiger partial charge in [0.25, 0.3) is 0 Å². The lowest BCUT2D eigenvalue weighted by molar-refractivity contribution is 0.150. The van der Waals surface area contributed by atoms with E-state index < -0.39 is 6.09 Å². The summed E-state index contributed by atoms with van der Waals surface area (Å²) in [5.74, 6) is 1.07. The van der Waals surface area contributed by atoms with Crippen LogP contribution in [0.25, 0.3) is 0 Å². The second kappa shape index (κ2) is 7.02. The zero-order valence-electron chi connectivity index (χ0n) is 10.7. The lowest BCUT2D eigenvalue weighted by Crippen LogP contribution is -2.55. The molecule has 0 aromatic carbocycles. The Kier molecular flexibility index (Phi) is 5.36. The second-order valence-electron chi connectivity index (χ2n) is 3.43. The lowest BCUT2D eigenvalue weighted by Gasteiger charge is -2.25. The van der Waals surface area contributed by atoms with Crippen molar-refractivity contribution in [3.63, 3.8) is 0 Å². The Bertz CT molecular complexity index is 453. The first-order valence-corrected chi connectivity index (χ1v) is 5.57. The quantitative estimate of drug-likeness (QED) is 0.536. The maximum Gasteiger partial charge on any atom is 0.426 e. The minimum atomic E-state index is -0.775. The molecule has 1 rings (SSSR count). The van der Waals surface area contributed by atoms with E-state index in [0.717, 1.165) is 17.9 Å². The zero-order chi connectivity index (χ0) is 14.3. The normalized spacial score (nSPS) is 14.2. The molecule has 9 heteroatoms. The van der Waals surface area contributed by atoms with Crippen molar-refractivity contribution in [1.29, 1.82) is 0 Å². The van der Waals surface area contributed by atoms with Crippen molar-refractivity contribution in [2.75, 3.05) is 13.7 Å². The van der Waals surface area contributed by atoms with E-state index in [1.54, 1.807) is 0 Å². The zero-order valence-corrected chi connectivity index (χ0v) is 10.7. The second-order valence-corrected chi connectivity index (χ2v) is 3.43. The molecule has 0 spiro atoms. The summed E-state index contributed by atoms with van der Waals surface area (Å²) in [7, 11) is 1.19. The minimum Gasteiger partial charge on any atom is -0.463 e. The van der Waals surface area contributed by atoms with Gasteiger partial charge in [0.05, 0.1) is 13.7 Å². The van der Waals surface area contributed by atoms with E-state index in [1.807, 2.05) is 6.92 Å². The maximum atomic E-state index is 11.2. The number of aliphatic imine (C=N–C) groups is 2. The highest BCUT2D eigenvalue weighted by Gasteiger charge is 2.25. The SMILES string of the molecule is CCCCOC1=NC(=C=O)N=C(N)N1NC(=O)OC. The summed E-state index contributed by atoms with van der Waals surface area (Å²) in [5.41, 5.74) is 7.85. The van der Waals surface area contributed by atoms with Crippen molar-refractivity contribution in [1.82, 2.24) is 10.4 Å². The fourth-order valence-corrected chi connectivity index (χ4v) is 1.11. The molecule has 0 radical (unpaired) electrons. The van der Waals surface area contributed by atoms with E-state index in [0.29, 0.717) is 6.61 Å². The Hall–Kier alpha value is -2.54. The molecule has 1 aliphatic heterocycles. The predicted molar refractivity (Wildman–Crippen MR) is 66.5 cm³/mol. The molecule has 19 heavy (non-hydrogen) atoms. The third-order valence-corrected chi connectivity index (χ3v) is 2.05. The standard InChI is InChI=1S/C10H15N5O4/c1-3-4-5-19-9-13-7(6-16)12-8(11)15(9)14-10(17)18-2/h3-5H2,1-2H3,(H2,11,12)(H,14,17). The topological polar surface area (TPSA) is 119 Å². The van der Waals surface area contributed by atoms with Gasteiger partial charge in [-0.25, -0.2) is 15.0 Å². The summed E-state index contributed by atoms with van der Waals surface area (Å²) in [6.45, 7) is 2.34. The van der Waals surface area contributed by atoms with Crippen LogP contribution in [0.4, 0.5) is 4.79 Å². The summed E-state index contributed by atoms with van der Waals surface area (Å²) in [6.07, 6.45) is 0.920. The highest BCUT2D eigenvalue weighted by atomic mass is 16.5. The Morgan fingerprint density at radius 1 is 1.53 bits per heavy atom. The molecule has 9 nitrogen and oxygen atoms in total. The van der Waals surface area contributed by atoms with Gasteiger partial charge in [-0.3, -0.25) is 0 Å². The Balaban J connectivity index is 2.86. The first kappa shape index (κ1) is 14.5. The molecular formula is C10H15N5O4. The van der Waals surface area contributed by atoms with Crippen molar-refractivity contribution in [2.45, 2.75) is 19.8 Å². The molecule has 0 aliphatic carbocycles. The molecule has 1 aliphatic rings. The lowest BCUT2D eigenvalue weighted by atomic mass is 10.4. The number of carbonyl (C=O) groups is 1. The number of nitrogens with zero attached hydrogens (tertiary/aromatic N) is 3. The van der Waals surface area contributed by atoms with Crippen molar-refractivity contribution in [2.24, 2.45) is 15.7 Å². The molecule has 1 heterocycles. The number of methoxy groups -OCH3 is 1. The van der Waals surface area contributed by atoms with Crippen molar-refractivity contribution in [3.8, 4) is 0 Å². The average molecular weight is 269 g/mol. The molecule has 0 saturated carbocycles. The highest BCUT2D eigenvalue weighted by molar-refractivity contribution is 5.99. The first-order chi connectivity index (χ1) is 9.12. The summed E-state index contributed by atoms with van der Waals surface area (Å²) in [4.78, 5) is 29.1. The molecule has 0 fully saturated rings. The largest absolute Gasteiger partial charge is 0.463 e. The number of hydrogen-bond acceptors (Lipinski definition) is 8. The number of rotatable bonds is 4. The smallest absolute Gasteiger partial charge is 0.426 e. The van der Waals surface area contributed by atoms with Crippen molar-refractivity contribution < 1.29 is 19.1 Å². The third kappa shape index (κ3) is 4.00. The number of amidine groups is 1. The van der Waals surface area contributed by atoms with E-state index >= 15 is 0 Å². The van der Waals surface area contributed by atoms with Crippen molar-refractivity contribution in [3.05, 3.63) is 5.82 Å². The van der Waals surface area contributed by atoms with Crippen LogP contribution in [0.3, 0.4) is 0 Å². The molecule has 0 saturated heterocycles. The summed E-state index contributed by atoms with van der Waals surface area (Å²) >= 11 is 0. The number of amides is 1. The fourth-order valence-electron chi connectivity index (χ4n) is 1.11. The molecule has 0 unspecified atom stereocenters. The van der Waals surface area contributed by atoms with Crippen LogP contribution < -0.4 is 11.2 Å². The van der Waals surface area contributed by atoms with Gasteiger partial charge in [-0.1, -0.05) is 13.3 Å². The van der Waals surface area contributed by atoms with Gasteiger partial charge >= 0.3 is 12.1 Å². The predicted octanol–water partition coefficient (Wildman–Crippen LogP) is -0.267. The molecule has 0 aromatic rings. The molecule has 0 aromatic heterocycles. The highest BCUT2D eigenvalue weighted by Crippen LogP contribution is 2.07. The molecule has 104 valence electrons. The maximum absolute atomic E-state index is 11.2. The Morgan fingerprint density at radius 3 is 2.84 bits per heavy atom. The number of unbranched alkanes of at least 4 members (excludes halogenated alkanes) is 1. The molecule has 1 amide bonds. The van der Waals surface area contributed by atoms with Gasteiger partial charge in [0.1, 0.15) is 0 Å². The number of nitrogens with two attached hydrogens (primary N) is 1. The number of hydrogen-bond donors (Lipinski definition) is 2. The van der Waals surface area contributed by atoms with Crippen LogP contribution in [-0.2, 0) is 14.3 Å². The van der Waals surface area contributed by atoms with Crippen LogP contribution in [0.15, 0.2) is 15.8 Å². The van der Waals surface area contributed by atoms with Gasteiger partial charge in [-0.15, -0.1) is 0 Å². The summed E-state index contributed by atoms with van der Waals surface area (Å²) < 4.78 is 9.76. The van der Waals surface area contributed by atoms with Crippen molar-refractivity contribution >= 4 is 24.0 Å². The Morgan fingerprint density at radius 2 is 2.26 bits per heavy atom. The molecule has 0 atom stereocenters. The molecular weight excluding hydrogens is 254 g/mol. The number of nitrogens with one attached hydrogen (secondary N) is 1. The number of hydrazine groups is 1. The molecule has 3 N–H and O–H groups in total. The number of ether oxygens (including phenoxy) is 2. The average Bonchev–Trinajstić information content (AvgIpc) is 2.41. The summed E-state index contributed by atoms with van der Waals surface area (Å²) in [5, 5.41) is 0.988. The van der Waals surface area contributed by atoms with Crippen LogP contribution in [0, 0.1) is 0 Å². The van der Waals surface area contributed by atoms with E-state index in [2.05, 4.69) is 20.1 Å². The van der Waals surface area contributed by atoms with E-state index in [1.165, 1.54) is 13.1 Å². The van der Waals surface area contributed by atoms with Gasteiger partial charge in [0.15, 0.2) is 5.94 Å². The van der Waals surface area contributed by atoms with Crippen LogP contribution in [0.1, 0.15) is 19.8 Å². The minimum absolute atomic E-state index is 0.0651. The van der Waals surface area contributed by atoms with E-state index in [4.69, 9.17) is 10.5 Å². The van der Waals surface area contributed by atoms with Crippen LogP contribution in [-0.4, -0.2) is 42.7 Å². The van der Waals surface area contributed by atoms with Gasteiger partial charge in [-0.05, 0) is 6.42 Å².